The summed E-state index contributed by atoms with van der Waals surface area (Å²) in [7, 11) is 0. The molecule has 3 N–H and O–H groups in total. The average Bonchev–Trinajstić information content (AvgIpc) is 2.40. The molecular weight excluding hydrogens is 232 g/mol. The van der Waals surface area contributed by atoms with Crippen molar-refractivity contribution >= 4 is 0 Å². The molecule has 0 heterocycles. The van der Waals surface area contributed by atoms with Gasteiger partial charge in [-0.1, -0.05) is 37.3 Å². The molecule has 4 nitrogen and oxygen atoms in total. The molecule has 4 heteroatoms. The lowest BCUT2D eigenvalue weighted by Crippen LogP contribution is -2.53. The largest absolute Gasteiger partial charge is 0.390 e. The number of ether oxygens (including phenoxy) is 1. The van der Waals surface area contributed by atoms with Gasteiger partial charge in [0, 0.05) is 0 Å². The summed E-state index contributed by atoms with van der Waals surface area (Å²) in [5, 5.41) is 29.2. The fourth-order valence-corrected chi connectivity index (χ4v) is 2.35. The molecule has 0 bridgehead atoms. The zero-order chi connectivity index (χ0) is 13.1. The lowest BCUT2D eigenvalue weighted by molar-refractivity contribution is -0.173. The van der Waals surface area contributed by atoms with E-state index in [1.165, 1.54) is 0 Å². The van der Waals surface area contributed by atoms with E-state index < -0.39 is 24.4 Å². The third kappa shape index (κ3) is 2.90. The number of hydrogen-bond acceptors (Lipinski definition) is 4. The predicted octanol–water partition coefficient (Wildman–Crippen LogP) is 0.694. The minimum atomic E-state index is -1.13. The van der Waals surface area contributed by atoms with Gasteiger partial charge in [-0.2, -0.15) is 0 Å². The molecule has 5 atom stereocenters. The van der Waals surface area contributed by atoms with E-state index in [0.29, 0.717) is 13.0 Å². The third-order valence-electron chi connectivity index (χ3n) is 3.57. The fraction of sp³-hybridized carbons (Fsp3) is 0.571. The Morgan fingerprint density at radius 1 is 1.06 bits per heavy atom. The van der Waals surface area contributed by atoms with Crippen molar-refractivity contribution in [3.63, 3.8) is 0 Å². The maximum Gasteiger partial charge on any atom is 0.109 e. The molecule has 18 heavy (non-hydrogen) atoms. The molecule has 0 radical (unpaired) electrons. The first kappa shape index (κ1) is 13.5. The number of aliphatic hydroxyl groups is 3. The Labute approximate surface area is 107 Å². The summed E-state index contributed by atoms with van der Waals surface area (Å²) in [6, 6.07) is 9.68. The highest BCUT2D eigenvalue weighted by Crippen LogP contribution is 2.28. The van der Waals surface area contributed by atoms with Crippen molar-refractivity contribution in [1.82, 2.24) is 0 Å². The Kier molecular flexibility index (Phi) is 4.35. The normalized spacial score (nSPS) is 36.6. The molecule has 100 valence electrons. The minimum absolute atomic E-state index is 0.0795. The van der Waals surface area contributed by atoms with Crippen molar-refractivity contribution in [3.8, 4) is 0 Å². The van der Waals surface area contributed by atoms with Gasteiger partial charge in [0.25, 0.3) is 0 Å². The van der Waals surface area contributed by atoms with Crippen LogP contribution in [0.1, 0.15) is 18.9 Å². The van der Waals surface area contributed by atoms with Crippen LogP contribution in [0.3, 0.4) is 0 Å². The van der Waals surface area contributed by atoms with Gasteiger partial charge < -0.3 is 20.1 Å². The molecule has 0 amide bonds. The van der Waals surface area contributed by atoms with Crippen LogP contribution in [0.4, 0.5) is 0 Å². The van der Waals surface area contributed by atoms with Gasteiger partial charge in [0.15, 0.2) is 0 Å². The van der Waals surface area contributed by atoms with Crippen molar-refractivity contribution in [2.75, 3.05) is 0 Å². The van der Waals surface area contributed by atoms with Crippen LogP contribution in [0.15, 0.2) is 30.3 Å². The van der Waals surface area contributed by atoms with Gasteiger partial charge in [0.2, 0.25) is 0 Å². The van der Waals surface area contributed by atoms with Crippen LogP contribution in [-0.2, 0) is 11.3 Å². The lowest BCUT2D eigenvalue weighted by atomic mass is 9.82. The molecule has 1 aromatic rings. The molecule has 0 aliphatic heterocycles. The topological polar surface area (TPSA) is 69.9 Å². The van der Waals surface area contributed by atoms with Gasteiger partial charge >= 0.3 is 0 Å². The predicted molar refractivity (Wildman–Crippen MR) is 66.8 cm³/mol. The van der Waals surface area contributed by atoms with E-state index in [1.807, 2.05) is 37.3 Å². The first-order valence-corrected chi connectivity index (χ1v) is 6.29. The summed E-state index contributed by atoms with van der Waals surface area (Å²) in [5.74, 6) is -0.0795. The molecule has 0 unspecified atom stereocenters. The monoisotopic (exact) mass is 252 g/mol. The Balaban J connectivity index is 1.93. The van der Waals surface area contributed by atoms with Crippen LogP contribution in [0.5, 0.6) is 0 Å². The summed E-state index contributed by atoms with van der Waals surface area (Å²) in [5.41, 5.74) is 1.03. The van der Waals surface area contributed by atoms with Crippen molar-refractivity contribution in [2.45, 2.75) is 44.4 Å². The minimum Gasteiger partial charge on any atom is -0.390 e. The van der Waals surface area contributed by atoms with Gasteiger partial charge in [-0.15, -0.1) is 0 Å². The molecule has 1 saturated carbocycles. The summed E-state index contributed by atoms with van der Waals surface area (Å²) in [4.78, 5) is 0. The quantitative estimate of drug-likeness (QED) is 0.740. The lowest BCUT2D eigenvalue weighted by Gasteiger charge is -2.38. The maximum absolute atomic E-state index is 9.87. The zero-order valence-electron chi connectivity index (χ0n) is 10.4. The number of aliphatic hydroxyl groups excluding tert-OH is 3. The van der Waals surface area contributed by atoms with Crippen LogP contribution in [-0.4, -0.2) is 39.7 Å². The number of benzene rings is 1. The number of rotatable bonds is 3. The van der Waals surface area contributed by atoms with Crippen LogP contribution in [0.2, 0.25) is 0 Å². The van der Waals surface area contributed by atoms with Crippen molar-refractivity contribution in [2.24, 2.45) is 5.92 Å². The molecule has 1 aliphatic carbocycles. The number of hydrogen-bond donors (Lipinski definition) is 3. The Bertz CT molecular complexity index is 367. The van der Waals surface area contributed by atoms with E-state index in [4.69, 9.17) is 4.74 Å². The highest BCUT2D eigenvalue weighted by molar-refractivity contribution is 5.13. The highest BCUT2D eigenvalue weighted by Gasteiger charge is 2.41. The van der Waals surface area contributed by atoms with E-state index in [-0.39, 0.29) is 5.92 Å². The second-order valence-electron chi connectivity index (χ2n) is 5.02. The molecule has 0 aromatic heterocycles. The zero-order valence-corrected chi connectivity index (χ0v) is 10.4. The van der Waals surface area contributed by atoms with Crippen LogP contribution in [0.25, 0.3) is 0 Å². The summed E-state index contributed by atoms with van der Waals surface area (Å²) in [6.45, 7) is 2.25. The molecule has 1 aliphatic rings. The highest BCUT2D eigenvalue weighted by atomic mass is 16.5. The smallest absolute Gasteiger partial charge is 0.109 e. The average molecular weight is 252 g/mol. The second-order valence-corrected chi connectivity index (χ2v) is 5.02. The SMILES string of the molecule is C[C@H]1C[C@@H](OCc2ccccc2)[C@H](O)[C@@H](O)[C@H]1O. The fourth-order valence-electron chi connectivity index (χ4n) is 2.35. The van der Waals surface area contributed by atoms with Gasteiger partial charge in [-0.25, -0.2) is 0 Å². The van der Waals surface area contributed by atoms with Crippen LogP contribution >= 0.6 is 0 Å². The standard InChI is InChI=1S/C14H20O4/c1-9-7-11(13(16)14(17)12(9)15)18-8-10-5-3-2-4-6-10/h2-6,9,11-17H,7-8H2,1H3/t9-,11+,12-,13-,14-/m0/s1. The first-order chi connectivity index (χ1) is 8.59. The molecule has 0 spiro atoms. The van der Waals surface area contributed by atoms with Crippen molar-refractivity contribution in [1.29, 1.82) is 0 Å². The van der Waals surface area contributed by atoms with E-state index in [9.17, 15) is 15.3 Å². The molecule has 2 rings (SSSR count). The van der Waals surface area contributed by atoms with Gasteiger partial charge in [0.1, 0.15) is 12.2 Å². The van der Waals surface area contributed by atoms with Crippen LogP contribution in [0, 0.1) is 5.92 Å². The van der Waals surface area contributed by atoms with E-state index in [1.54, 1.807) is 0 Å². The van der Waals surface area contributed by atoms with E-state index in [0.717, 1.165) is 5.56 Å². The summed E-state index contributed by atoms with van der Waals surface area (Å²) >= 11 is 0. The van der Waals surface area contributed by atoms with Crippen molar-refractivity contribution in [3.05, 3.63) is 35.9 Å². The molecule has 1 aromatic carbocycles. The van der Waals surface area contributed by atoms with Crippen molar-refractivity contribution < 1.29 is 20.1 Å². The summed E-state index contributed by atoms with van der Waals surface area (Å²) < 4.78 is 5.65. The molecule has 0 saturated heterocycles. The maximum atomic E-state index is 9.87. The molecular formula is C14H20O4. The van der Waals surface area contributed by atoms with Gasteiger partial charge in [-0.3, -0.25) is 0 Å². The van der Waals surface area contributed by atoms with E-state index >= 15 is 0 Å². The Hall–Kier alpha value is -0.940. The van der Waals surface area contributed by atoms with Gasteiger partial charge in [0.05, 0.1) is 18.8 Å². The Morgan fingerprint density at radius 2 is 1.72 bits per heavy atom. The van der Waals surface area contributed by atoms with E-state index in [2.05, 4.69) is 0 Å². The Morgan fingerprint density at radius 3 is 2.39 bits per heavy atom. The van der Waals surface area contributed by atoms with Gasteiger partial charge in [-0.05, 0) is 17.9 Å². The molecule has 1 fully saturated rings. The third-order valence-corrected chi connectivity index (χ3v) is 3.57. The summed E-state index contributed by atoms with van der Waals surface area (Å²) in [6.07, 6.45) is -2.92. The van der Waals surface area contributed by atoms with Crippen LogP contribution < -0.4 is 0 Å². The second kappa shape index (κ2) is 5.80. The first-order valence-electron chi connectivity index (χ1n) is 6.29.